The summed E-state index contributed by atoms with van der Waals surface area (Å²) in [7, 11) is 2.23. The standard InChI is InChI=1S/C8H17O2P/c1-6(2)4-8(10-11)7(3)5-9/h7-9H,1,4-5,11H2,2-3H3/t7-,8-/m1/s1. The zero-order valence-corrected chi connectivity index (χ0v) is 8.36. The normalized spacial score (nSPS) is 16.0. The van der Waals surface area contributed by atoms with Gasteiger partial charge in [-0.25, -0.2) is 0 Å². The molecule has 2 nitrogen and oxygen atoms in total. The molecule has 0 bridgehead atoms. The zero-order valence-electron chi connectivity index (χ0n) is 7.21. The van der Waals surface area contributed by atoms with Crippen LogP contribution >= 0.6 is 9.47 Å². The molecule has 0 saturated heterocycles. The van der Waals surface area contributed by atoms with Crippen LogP contribution in [0.4, 0.5) is 0 Å². The van der Waals surface area contributed by atoms with E-state index in [4.69, 9.17) is 9.63 Å². The SMILES string of the molecule is C=C(C)C[C@@H](OP)[C@H](C)CO. The lowest BCUT2D eigenvalue weighted by Crippen LogP contribution is -2.21. The maximum Gasteiger partial charge on any atom is 0.0695 e. The Hall–Kier alpha value is 0.0900. The van der Waals surface area contributed by atoms with E-state index in [9.17, 15) is 0 Å². The molecule has 0 aliphatic heterocycles. The third kappa shape index (κ3) is 4.52. The predicted molar refractivity (Wildman–Crippen MR) is 50.3 cm³/mol. The zero-order chi connectivity index (χ0) is 8.85. The fourth-order valence-corrected chi connectivity index (χ4v) is 1.21. The Morgan fingerprint density at radius 3 is 2.55 bits per heavy atom. The number of hydrogen-bond acceptors (Lipinski definition) is 2. The topological polar surface area (TPSA) is 29.5 Å². The first-order valence-electron chi connectivity index (χ1n) is 3.72. The van der Waals surface area contributed by atoms with Gasteiger partial charge in [-0.05, 0) is 13.3 Å². The second-order valence-electron chi connectivity index (χ2n) is 3.00. The molecule has 0 radical (unpaired) electrons. The highest BCUT2D eigenvalue weighted by Crippen LogP contribution is 2.17. The Kier molecular flexibility index (Phi) is 5.75. The van der Waals surface area contributed by atoms with Crippen molar-refractivity contribution in [3.05, 3.63) is 12.2 Å². The van der Waals surface area contributed by atoms with Crippen LogP contribution in [0.3, 0.4) is 0 Å². The average Bonchev–Trinajstić information content (AvgIpc) is 1.98. The second kappa shape index (κ2) is 5.70. The highest BCUT2D eigenvalue weighted by Gasteiger charge is 2.15. The molecule has 0 heterocycles. The van der Waals surface area contributed by atoms with Crippen molar-refractivity contribution in [2.24, 2.45) is 5.92 Å². The molecule has 3 heteroatoms. The summed E-state index contributed by atoms with van der Waals surface area (Å²) in [6, 6.07) is 0. The van der Waals surface area contributed by atoms with Gasteiger partial charge in [0.1, 0.15) is 0 Å². The van der Waals surface area contributed by atoms with Crippen LogP contribution in [0.2, 0.25) is 0 Å². The molecule has 11 heavy (non-hydrogen) atoms. The molecule has 0 amide bonds. The van der Waals surface area contributed by atoms with Crippen LogP contribution in [0, 0.1) is 5.92 Å². The smallest absolute Gasteiger partial charge is 0.0695 e. The Labute approximate surface area is 70.9 Å². The lowest BCUT2D eigenvalue weighted by Gasteiger charge is -2.20. The van der Waals surface area contributed by atoms with E-state index in [1.54, 1.807) is 0 Å². The van der Waals surface area contributed by atoms with Gasteiger partial charge in [0.2, 0.25) is 0 Å². The predicted octanol–water partition coefficient (Wildman–Crippen LogP) is 1.76. The van der Waals surface area contributed by atoms with Gasteiger partial charge in [-0.3, -0.25) is 0 Å². The molecule has 0 aliphatic carbocycles. The van der Waals surface area contributed by atoms with E-state index in [1.165, 1.54) is 0 Å². The summed E-state index contributed by atoms with van der Waals surface area (Å²) in [4.78, 5) is 0. The second-order valence-corrected chi connectivity index (χ2v) is 3.27. The number of hydrogen-bond donors (Lipinski definition) is 1. The maximum atomic E-state index is 8.83. The molecule has 0 rings (SSSR count). The average molecular weight is 176 g/mol. The first-order chi connectivity index (χ1) is 5.11. The number of aliphatic hydroxyl groups is 1. The highest BCUT2D eigenvalue weighted by molar-refractivity contribution is 7.09. The van der Waals surface area contributed by atoms with E-state index in [0.29, 0.717) is 0 Å². The van der Waals surface area contributed by atoms with Gasteiger partial charge in [-0.1, -0.05) is 12.5 Å². The lowest BCUT2D eigenvalue weighted by molar-refractivity contribution is 0.114. The first-order valence-corrected chi connectivity index (χ1v) is 4.19. The largest absolute Gasteiger partial charge is 0.396 e. The molecule has 0 spiro atoms. The van der Waals surface area contributed by atoms with Crippen molar-refractivity contribution in [3.63, 3.8) is 0 Å². The summed E-state index contributed by atoms with van der Waals surface area (Å²) in [6.45, 7) is 7.86. The minimum atomic E-state index is 0.0718. The molecule has 1 N–H and O–H groups in total. The molecule has 0 aromatic carbocycles. The third-order valence-corrected chi connectivity index (χ3v) is 2.00. The van der Waals surface area contributed by atoms with E-state index in [0.717, 1.165) is 12.0 Å². The fraction of sp³-hybridized carbons (Fsp3) is 0.750. The van der Waals surface area contributed by atoms with E-state index in [1.807, 2.05) is 13.8 Å². The summed E-state index contributed by atoms with van der Waals surface area (Å²) >= 11 is 0. The van der Waals surface area contributed by atoms with Gasteiger partial charge in [-0.2, -0.15) is 0 Å². The Morgan fingerprint density at radius 1 is 1.73 bits per heavy atom. The maximum absolute atomic E-state index is 8.83. The first kappa shape index (κ1) is 11.1. The van der Waals surface area contributed by atoms with E-state index < -0.39 is 0 Å². The number of aliphatic hydroxyl groups excluding tert-OH is 1. The molecule has 3 atom stereocenters. The molecule has 0 aromatic rings. The minimum absolute atomic E-state index is 0.0718. The number of rotatable bonds is 5. The molecule has 0 aromatic heterocycles. The van der Waals surface area contributed by atoms with Crippen molar-refractivity contribution in [2.45, 2.75) is 26.4 Å². The van der Waals surface area contributed by atoms with Crippen molar-refractivity contribution in [2.75, 3.05) is 6.61 Å². The lowest BCUT2D eigenvalue weighted by atomic mass is 10.00. The summed E-state index contributed by atoms with van der Waals surface area (Å²) < 4.78 is 5.11. The van der Waals surface area contributed by atoms with Gasteiger partial charge < -0.3 is 9.63 Å². The highest BCUT2D eigenvalue weighted by atomic mass is 31.0. The van der Waals surface area contributed by atoms with Gasteiger partial charge in [-0.15, -0.1) is 6.58 Å². The van der Waals surface area contributed by atoms with Crippen molar-refractivity contribution in [1.29, 1.82) is 0 Å². The molecule has 0 aliphatic rings. The summed E-state index contributed by atoms with van der Waals surface area (Å²) in [5.41, 5.74) is 1.08. The van der Waals surface area contributed by atoms with Gasteiger partial charge in [0, 0.05) is 22.0 Å². The Morgan fingerprint density at radius 2 is 2.27 bits per heavy atom. The van der Waals surface area contributed by atoms with E-state index in [-0.39, 0.29) is 18.6 Å². The molecule has 1 unspecified atom stereocenters. The van der Waals surface area contributed by atoms with Crippen LogP contribution in [-0.2, 0) is 4.52 Å². The van der Waals surface area contributed by atoms with Crippen LogP contribution in [0.15, 0.2) is 12.2 Å². The van der Waals surface area contributed by atoms with E-state index in [2.05, 4.69) is 16.0 Å². The van der Waals surface area contributed by atoms with Crippen molar-refractivity contribution < 1.29 is 9.63 Å². The summed E-state index contributed by atoms with van der Waals surface area (Å²) in [6.07, 6.45) is 0.882. The van der Waals surface area contributed by atoms with Crippen molar-refractivity contribution in [1.82, 2.24) is 0 Å². The summed E-state index contributed by atoms with van der Waals surface area (Å²) in [5.74, 6) is 0.171. The van der Waals surface area contributed by atoms with Gasteiger partial charge in [0.05, 0.1) is 6.10 Å². The van der Waals surface area contributed by atoms with Gasteiger partial charge in [0.25, 0.3) is 0 Å². The van der Waals surface area contributed by atoms with Crippen molar-refractivity contribution in [3.8, 4) is 0 Å². The summed E-state index contributed by atoms with van der Waals surface area (Å²) in [5, 5.41) is 8.83. The Bertz CT molecular complexity index is 125. The molecular weight excluding hydrogens is 159 g/mol. The third-order valence-electron chi connectivity index (χ3n) is 1.65. The van der Waals surface area contributed by atoms with Crippen LogP contribution in [0.1, 0.15) is 20.3 Å². The van der Waals surface area contributed by atoms with Crippen LogP contribution < -0.4 is 0 Å². The van der Waals surface area contributed by atoms with Gasteiger partial charge in [0.15, 0.2) is 0 Å². The molecule has 66 valence electrons. The van der Waals surface area contributed by atoms with E-state index >= 15 is 0 Å². The Balaban J connectivity index is 3.84. The minimum Gasteiger partial charge on any atom is -0.396 e. The molecule has 0 saturated carbocycles. The monoisotopic (exact) mass is 176 g/mol. The van der Waals surface area contributed by atoms with Crippen LogP contribution in [0.25, 0.3) is 0 Å². The van der Waals surface area contributed by atoms with Gasteiger partial charge >= 0.3 is 0 Å². The van der Waals surface area contributed by atoms with Crippen molar-refractivity contribution >= 4 is 9.47 Å². The van der Waals surface area contributed by atoms with Crippen LogP contribution in [0.5, 0.6) is 0 Å². The van der Waals surface area contributed by atoms with Crippen LogP contribution in [-0.4, -0.2) is 17.8 Å². The quantitative estimate of drug-likeness (QED) is 0.511. The fourth-order valence-electron chi connectivity index (χ4n) is 0.844. The molecular formula is C8H17O2P. The molecule has 0 fully saturated rings.